The van der Waals surface area contributed by atoms with Gasteiger partial charge in [0, 0.05) is 38.7 Å². The highest BCUT2D eigenvalue weighted by atomic mass is 16.5. The van der Waals surface area contributed by atoms with E-state index in [4.69, 9.17) is 9.47 Å². The van der Waals surface area contributed by atoms with Gasteiger partial charge in [0.15, 0.2) is 5.54 Å². The molecule has 138 valence electrons. The molecule has 0 bridgehead atoms. The monoisotopic (exact) mass is 351 g/mol. The van der Waals surface area contributed by atoms with Crippen LogP contribution >= 0.6 is 0 Å². The van der Waals surface area contributed by atoms with Crippen molar-refractivity contribution < 1.29 is 24.2 Å². The van der Waals surface area contributed by atoms with E-state index in [2.05, 4.69) is 5.10 Å². The van der Waals surface area contributed by atoms with Gasteiger partial charge < -0.3 is 19.5 Å². The van der Waals surface area contributed by atoms with E-state index in [1.165, 1.54) is 4.68 Å². The van der Waals surface area contributed by atoms with E-state index < -0.39 is 11.5 Å². The molecule has 2 saturated heterocycles. The number of nitrogens with zero attached hydrogens (tertiary/aromatic N) is 3. The number of carboxylic acid groups (broad SMARTS) is 1. The zero-order valence-corrected chi connectivity index (χ0v) is 14.5. The lowest BCUT2D eigenvalue weighted by atomic mass is 9.87. The average molecular weight is 351 g/mol. The smallest absolute Gasteiger partial charge is 0.331 e. The highest BCUT2D eigenvalue weighted by Crippen LogP contribution is 2.30. The molecule has 1 amide bonds. The van der Waals surface area contributed by atoms with Gasteiger partial charge >= 0.3 is 5.97 Å². The van der Waals surface area contributed by atoms with E-state index in [0.717, 1.165) is 25.0 Å². The van der Waals surface area contributed by atoms with E-state index in [1.54, 1.807) is 17.3 Å². The number of carbonyl (C=O) groups is 2. The van der Waals surface area contributed by atoms with Crippen molar-refractivity contribution in [3.63, 3.8) is 0 Å². The van der Waals surface area contributed by atoms with Gasteiger partial charge in [-0.15, -0.1) is 0 Å². The van der Waals surface area contributed by atoms with Gasteiger partial charge in [0.1, 0.15) is 6.61 Å². The Balaban J connectivity index is 1.52. The second-order valence-corrected chi connectivity index (χ2v) is 6.83. The Bertz CT molecular complexity index is 616. The summed E-state index contributed by atoms with van der Waals surface area (Å²) in [6, 6.07) is 0. The molecule has 1 N–H and O–H groups in total. The number of ether oxygens (including phenoxy) is 2. The molecular formula is C17H25N3O5. The molecule has 0 unspecified atom stereocenters. The SMILES string of the molecule is Cc1cnn(C2(C(=O)O)CCN(C(=O)COC[C@@H]3CCCO3)CC2)c1. The Kier molecular flexibility index (Phi) is 5.39. The van der Waals surface area contributed by atoms with E-state index in [1.807, 2.05) is 6.92 Å². The number of piperidine rings is 1. The van der Waals surface area contributed by atoms with Crippen LogP contribution in [0.5, 0.6) is 0 Å². The third-order valence-corrected chi connectivity index (χ3v) is 5.04. The first-order valence-corrected chi connectivity index (χ1v) is 8.73. The predicted octanol–water partition coefficient (Wildman–Crippen LogP) is 0.789. The molecule has 0 spiro atoms. The molecule has 0 saturated carbocycles. The van der Waals surface area contributed by atoms with Gasteiger partial charge in [0.2, 0.25) is 5.91 Å². The molecule has 3 heterocycles. The number of aliphatic carboxylic acids is 1. The summed E-state index contributed by atoms with van der Waals surface area (Å²) in [6.07, 6.45) is 6.18. The minimum atomic E-state index is -1.08. The van der Waals surface area contributed by atoms with Gasteiger partial charge in [-0.2, -0.15) is 5.10 Å². The zero-order chi connectivity index (χ0) is 17.9. The van der Waals surface area contributed by atoms with Crippen LogP contribution in [0, 0.1) is 6.92 Å². The molecule has 1 aromatic rings. The highest BCUT2D eigenvalue weighted by Gasteiger charge is 2.44. The average Bonchev–Trinajstić information content (AvgIpc) is 3.26. The third kappa shape index (κ3) is 3.85. The van der Waals surface area contributed by atoms with E-state index in [0.29, 0.717) is 32.5 Å². The minimum absolute atomic E-state index is 0.0147. The largest absolute Gasteiger partial charge is 0.479 e. The molecule has 8 nitrogen and oxygen atoms in total. The van der Waals surface area contributed by atoms with Crippen LogP contribution in [0.3, 0.4) is 0 Å². The van der Waals surface area contributed by atoms with Gasteiger partial charge in [-0.1, -0.05) is 0 Å². The summed E-state index contributed by atoms with van der Waals surface area (Å²) < 4.78 is 12.5. The number of carboxylic acids is 1. The summed E-state index contributed by atoms with van der Waals surface area (Å²) in [4.78, 5) is 25.8. The van der Waals surface area contributed by atoms with Crippen molar-refractivity contribution >= 4 is 11.9 Å². The highest BCUT2D eigenvalue weighted by molar-refractivity contribution is 5.80. The third-order valence-electron chi connectivity index (χ3n) is 5.04. The molecule has 2 aliphatic rings. The lowest BCUT2D eigenvalue weighted by Gasteiger charge is -2.38. The number of carbonyl (C=O) groups excluding carboxylic acids is 1. The molecule has 25 heavy (non-hydrogen) atoms. The fraction of sp³-hybridized carbons (Fsp3) is 0.706. The second-order valence-electron chi connectivity index (χ2n) is 6.83. The Hall–Kier alpha value is -1.93. The summed E-state index contributed by atoms with van der Waals surface area (Å²) in [6.45, 7) is 3.86. The molecule has 2 fully saturated rings. The van der Waals surface area contributed by atoms with Gasteiger partial charge in [-0.25, -0.2) is 4.79 Å². The molecule has 1 atom stereocenters. The second kappa shape index (κ2) is 7.53. The van der Waals surface area contributed by atoms with Crippen molar-refractivity contribution in [2.75, 3.05) is 32.9 Å². The van der Waals surface area contributed by atoms with Crippen LogP contribution < -0.4 is 0 Å². The van der Waals surface area contributed by atoms with Crippen molar-refractivity contribution in [3.05, 3.63) is 18.0 Å². The van der Waals surface area contributed by atoms with Crippen LogP contribution in [0.25, 0.3) is 0 Å². The number of likely N-dealkylation sites (tertiary alicyclic amines) is 1. The zero-order valence-electron chi connectivity index (χ0n) is 14.5. The molecule has 2 aliphatic heterocycles. The predicted molar refractivity (Wildman–Crippen MR) is 88.2 cm³/mol. The summed E-state index contributed by atoms with van der Waals surface area (Å²) >= 11 is 0. The number of aryl methyl sites for hydroxylation is 1. The molecular weight excluding hydrogens is 326 g/mol. The van der Waals surface area contributed by atoms with Crippen molar-refractivity contribution in [3.8, 4) is 0 Å². The van der Waals surface area contributed by atoms with Crippen molar-refractivity contribution in [2.45, 2.75) is 44.2 Å². The fourth-order valence-electron chi connectivity index (χ4n) is 3.46. The van der Waals surface area contributed by atoms with Crippen molar-refractivity contribution in [2.24, 2.45) is 0 Å². The molecule has 1 aromatic heterocycles. The van der Waals surface area contributed by atoms with Gasteiger partial charge in [-0.05, 0) is 25.3 Å². The Labute approximate surface area is 146 Å². The number of rotatable bonds is 6. The van der Waals surface area contributed by atoms with Crippen LogP contribution in [0.1, 0.15) is 31.2 Å². The molecule has 0 radical (unpaired) electrons. The van der Waals surface area contributed by atoms with Crippen LogP contribution in [0.4, 0.5) is 0 Å². The normalized spacial score (nSPS) is 22.9. The van der Waals surface area contributed by atoms with Gasteiger partial charge in [-0.3, -0.25) is 9.48 Å². The summed E-state index contributed by atoms with van der Waals surface area (Å²) in [5.41, 5.74) is -0.162. The van der Waals surface area contributed by atoms with E-state index in [9.17, 15) is 14.7 Å². The topological polar surface area (TPSA) is 93.9 Å². The molecule has 3 rings (SSSR count). The number of aromatic nitrogens is 2. The maximum Gasteiger partial charge on any atom is 0.331 e. The lowest BCUT2D eigenvalue weighted by Crippen LogP contribution is -2.53. The minimum Gasteiger partial charge on any atom is -0.479 e. The van der Waals surface area contributed by atoms with Crippen LogP contribution in [-0.4, -0.2) is 70.7 Å². The fourth-order valence-corrected chi connectivity index (χ4v) is 3.46. The summed E-state index contributed by atoms with van der Waals surface area (Å²) in [5, 5.41) is 13.9. The first-order valence-electron chi connectivity index (χ1n) is 8.73. The number of hydrogen-bond acceptors (Lipinski definition) is 5. The molecule has 0 aromatic carbocycles. The summed E-state index contributed by atoms with van der Waals surface area (Å²) in [5.74, 6) is -1.01. The van der Waals surface area contributed by atoms with Gasteiger partial charge in [0.25, 0.3) is 0 Å². The van der Waals surface area contributed by atoms with Crippen molar-refractivity contribution in [1.29, 1.82) is 0 Å². The summed E-state index contributed by atoms with van der Waals surface area (Å²) in [7, 11) is 0. The first kappa shape index (κ1) is 17.9. The lowest BCUT2D eigenvalue weighted by molar-refractivity contribution is -0.154. The van der Waals surface area contributed by atoms with Crippen LogP contribution in [-0.2, 0) is 24.6 Å². The molecule has 8 heteroatoms. The standard InChI is InChI=1S/C17H25N3O5/c1-13-9-18-20(10-13)17(16(22)23)4-6-19(7-5-17)15(21)12-24-11-14-3-2-8-25-14/h9-10,14H,2-8,11-12H2,1H3,(H,22,23)/t14-/m0/s1. The maximum absolute atomic E-state index is 12.3. The van der Waals surface area contributed by atoms with Gasteiger partial charge in [0.05, 0.1) is 18.9 Å². The Morgan fingerprint density at radius 2 is 2.20 bits per heavy atom. The number of hydrogen-bond donors (Lipinski definition) is 1. The Morgan fingerprint density at radius 3 is 2.76 bits per heavy atom. The molecule has 0 aliphatic carbocycles. The Morgan fingerprint density at radius 1 is 1.44 bits per heavy atom. The van der Waals surface area contributed by atoms with E-state index >= 15 is 0 Å². The van der Waals surface area contributed by atoms with Crippen LogP contribution in [0.2, 0.25) is 0 Å². The first-order chi connectivity index (χ1) is 12.0. The number of amides is 1. The van der Waals surface area contributed by atoms with Crippen LogP contribution in [0.15, 0.2) is 12.4 Å². The van der Waals surface area contributed by atoms with Crippen molar-refractivity contribution in [1.82, 2.24) is 14.7 Å². The maximum atomic E-state index is 12.3. The quantitative estimate of drug-likeness (QED) is 0.814. The van der Waals surface area contributed by atoms with E-state index in [-0.39, 0.29) is 18.6 Å².